The van der Waals surface area contributed by atoms with Gasteiger partial charge in [-0.2, -0.15) is 5.26 Å². The topological polar surface area (TPSA) is 69.9 Å². The summed E-state index contributed by atoms with van der Waals surface area (Å²) in [7, 11) is 1.67. The summed E-state index contributed by atoms with van der Waals surface area (Å²) in [6, 6.07) is 2.23. The predicted molar refractivity (Wildman–Crippen MR) is 54.2 cm³/mol. The lowest BCUT2D eigenvalue weighted by molar-refractivity contribution is 0.0502. The Hall–Kier alpha value is -1.48. The van der Waals surface area contributed by atoms with E-state index >= 15 is 0 Å². The zero-order valence-corrected chi connectivity index (χ0v) is 9.12. The van der Waals surface area contributed by atoms with Gasteiger partial charge in [0.1, 0.15) is 10.4 Å². The van der Waals surface area contributed by atoms with Crippen LogP contribution in [0.3, 0.4) is 0 Å². The second-order valence-electron chi connectivity index (χ2n) is 3.64. The van der Waals surface area contributed by atoms with Gasteiger partial charge < -0.3 is 4.90 Å². The first kappa shape index (κ1) is 10.1. The van der Waals surface area contributed by atoms with Gasteiger partial charge in [0.15, 0.2) is 0 Å². The number of nitriles is 1. The van der Waals surface area contributed by atoms with Crippen molar-refractivity contribution in [1.82, 2.24) is 14.5 Å². The molecule has 5 nitrogen and oxygen atoms in total. The highest BCUT2D eigenvalue weighted by molar-refractivity contribution is 7.07. The quantitative estimate of drug-likeness (QED) is 0.750. The second-order valence-corrected chi connectivity index (χ2v) is 4.43. The van der Waals surface area contributed by atoms with E-state index in [9.17, 15) is 4.79 Å². The molecule has 1 amide bonds. The van der Waals surface area contributed by atoms with Gasteiger partial charge >= 0.3 is 0 Å². The van der Waals surface area contributed by atoms with Gasteiger partial charge in [-0.3, -0.25) is 4.79 Å². The number of hydrogen-bond donors (Lipinski definition) is 0. The summed E-state index contributed by atoms with van der Waals surface area (Å²) in [6.45, 7) is 0. The van der Waals surface area contributed by atoms with E-state index in [1.54, 1.807) is 7.05 Å². The Morgan fingerprint density at radius 3 is 2.87 bits per heavy atom. The molecule has 0 atom stereocenters. The van der Waals surface area contributed by atoms with Crippen LogP contribution >= 0.6 is 11.5 Å². The molecule has 15 heavy (non-hydrogen) atoms. The fourth-order valence-electron chi connectivity index (χ4n) is 1.65. The van der Waals surface area contributed by atoms with Gasteiger partial charge in [0, 0.05) is 7.05 Å². The van der Waals surface area contributed by atoms with E-state index < -0.39 is 5.54 Å². The molecule has 1 aromatic rings. The first-order chi connectivity index (χ1) is 7.19. The molecule has 1 aromatic heterocycles. The molecule has 0 N–H and O–H groups in total. The predicted octanol–water partition coefficient (Wildman–Crippen LogP) is 1.06. The molecule has 2 rings (SSSR count). The molecule has 0 bridgehead atoms. The minimum atomic E-state index is -0.596. The summed E-state index contributed by atoms with van der Waals surface area (Å²) in [5.41, 5.74) is -0.596. The van der Waals surface area contributed by atoms with Gasteiger partial charge in [0.25, 0.3) is 5.91 Å². The van der Waals surface area contributed by atoms with Crippen molar-refractivity contribution in [2.45, 2.75) is 24.8 Å². The number of rotatable bonds is 2. The normalized spacial score (nSPS) is 17.6. The third kappa shape index (κ3) is 1.49. The average molecular weight is 222 g/mol. The zero-order valence-electron chi connectivity index (χ0n) is 8.30. The van der Waals surface area contributed by atoms with Gasteiger partial charge in [-0.1, -0.05) is 4.49 Å². The van der Waals surface area contributed by atoms with Crippen molar-refractivity contribution in [3.63, 3.8) is 0 Å². The van der Waals surface area contributed by atoms with Crippen molar-refractivity contribution in [3.05, 3.63) is 11.1 Å². The van der Waals surface area contributed by atoms with Crippen LogP contribution in [0.5, 0.6) is 0 Å². The van der Waals surface area contributed by atoms with Crippen molar-refractivity contribution < 1.29 is 4.79 Å². The van der Waals surface area contributed by atoms with E-state index in [-0.39, 0.29) is 5.91 Å². The average Bonchev–Trinajstić information content (AvgIpc) is 2.68. The molecule has 1 heterocycles. The molecule has 78 valence electrons. The fraction of sp³-hybridized carbons (Fsp3) is 0.556. The Morgan fingerprint density at radius 2 is 2.47 bits per heavy atom. The van der Waals surface area contributed by atoms with Crippen molar-refractivity contribution in [2.75, 3.05) is 7.05 Å². The molecule has 0 unspecified atom stereocenters. The van der Waals surface area contributed by atoms with Crippen LogP contribution in [0.1, 0.15) is 28.9 Å². The van der Waals surface area contributed by atoms with Gasteiger partial charge in [-0.15, -0.1) is 5.10 Å². The Balaban J connectivity index is 2.18. The molecule has 0 saturated heterocycles. The van der Waals surface area contributed by atoms with E-state index in [0.29, 0.717) is 4.88 Å². The van der Waals surface area contributed by atoms with E-state index in [4.69, 9.17) is 5.26 Å². The molecular formula is C9H10N4OS. The van der Waals surface area contributed by atoms with Gasteiger partial charge in [0.05, 0.1) is 12.3 Å². The summed E-state index contributed by atoms with van der Waals surface area (Å²) in [4.78, 5) is 13.9. The zero-order chi connectivity index (χ0) is 10.9. The smallest absolute Gasteiger partial charge is 0.268 e. The van der Waals surface area contributed by atoms with Crippen molar-refractivity contribution in [1.29, 1.82) is 5.26 Å². The highest BCUT2D eigenvalue weighted by Gasteiger charge is 2.43. The maximum atomic E-state index is 11.9. The first-order valence-electron chi connectivity index (χ1n) is 4.66. The molecule has 0 aliphatic heterocycles. The van der Waals surface area contributed by atoms with Crippen LogP contribution in [0.4, 0.5) is 0 Å². The molecule has 0 spiro atoms. The Morgan fingerprint density at radius 1 is 1.73 bits per heavy atom. The summed E-state index contributed by atoms with van der Waals surface area (Å²) in [5.74, 6) is -0.161. The van der Waals surface area contributed by atoms with Crippen molar-refractivity contribution in [3.8, 4) is 6.07 Å². The van der Waals surface area contributed by atoms with Crippen LogP contribution in [0.25, 0.3) is 0 Å². The molecule has 1 saturated carbocycles. The van der Waals surface area contributed by atoms with E-state index in [1.165, 1.54) is 11.1 Å². The first-order valence-corrected chi connectivity index (χ1v) is 5.44. The number of amides is 1. The third-order valence-electron chi connectivity index (χ3n) is 2.91. The van der Waals surface area contributed by atoms with Gasteiger partial charge in [-0.05, 0) is 30.8 Å². The largest absolute Gasteiger partial charge is 0.322 e. The summed E-state index contributed by atoms with van der Waals surface area (Å²) < 4.78 is 3.64. The van der Waals surface area contributed by atoms with E-state index in [0.717, 1.165) is 30.8 Å². The second kappa shape index (κ2) is 3.59. The number of aromatic nitrogens is 2. The van der Waals surface area contributed by atoms with Gasteiger partial charge in [-0.25, -0.2) is 0 Å². The standard InChI is InChI=1S/C9H10N4OS/c1-13(9(6-10)3-2-4-9)8(14)7-5-11-12-15-7/h5H,2-4H2,1H3. The van der Waals surface area contributed by atoms with E-state index in [2.05, 4.69) is 15.7 Å². The minimum Gasteiger partial charge on any atom is -0.322 e. The molecule has 1 aliphatic rings. The molecule has 1 aliphatic carbocycles. The maximum Gasteiger partial charge on any atom is 0.268 e. The lowest BCUT2D eigenvalue weighted by atomic mass is 9.76. The Kier molecular flexibility index (Phi) is 2.40. The van der Waals surface area contributed by atoms with Crippen LogP contribution < -0.4 is 0 Å². The summed E-state index contributed by atoms with van der Waals surface area (Å²) in [6.07, 6.45) is 3.97. The monoisotopic (exact) mass is 222 g/mol. The molecule has 0 radical (unpaired) electrons. The molecule has 6 heteroatoms. The third-order valence-corrected chi connectivity index (χ3v) is 3.56. The van der Waals surface area contributed by atoms with Crippen LogP contribution in [0.2, 0.25) is 0 Å². The van der Waals surface area contributed by atoms with Crippen LogP contribution in [0, 0.1) is 11.3 Å². The SMILES string of the molecule is CN(C(=O)c1cnns1)C1(C#N)CCC1. The number of hydrogen-bond acceptors (Lipinski definition) is 5. The summed E-state index contributed by atoms with van der Waals surface area (Å²) in [5, 5.41) is 12.7. The lowest BCUT2D eigenvalue weighted by Crippen LogP contribution is -2.53. The lowest BCUT2D eigenvalue weighted by Gasteiger charge is -2.42. The van der Waals surface area contributed by atoms with Gasteiger partial charge in [0.2, 0.25) is 0 Å². The fourth-order valence-corrected chi connectivity index (χ4v) is 2.15. The molecule has 0 aromatic carbocycles. The summed E-state index contributed by atoms with van der Waals surface area (Å²) >= 11 is 1.06. The Labute approximate surface area is 91.5 Å². The van der Waals surface area contributed by atoms with Crippen LogP contribution in [0.15, 0.2) is 6.20 Å². The number of carbonyl (C=O) groups is 1. The van der Waals surface area contributed by atoms with Crippen LogP contribution in [-0.2, 0) is 0 Å². The molecular weight excluding hydrogens is 212 g/mol. The van der Waals surface area contributed by atoms with E-state index in [1.807, 2.05) is 0 Å². The number of nitrogens with zero attached hydrogens (tertiary/aromatic N) is 4. The van der Waals surface area contributed by atoms with Crippen molar-refractivity contribution in [2.24, 2.45) is 0 Å². The molecule has 1 fully saturated rings. The number of carbonyl (C=O) groups excluding carboxylic acids is 1. The Bertz CT molecular complexity index is 404. The minimum absolute atomic E-state index is 0.161. The van der Waals surface area contributed by atoms with Crippen LogP contribution in [-0.4, -0.2) is 33.0 Å². The maximum absolute atomic E-state index is 11.9. The van der Waals surface area contributed by atoms with Crippen molar-refractivity contribution >= 4 is 17.4 Å². The highest BCUT2D eigenvalue weighted by atomic mass is 32.1. The highest BCUT2D eigenvalue weighted by Crippen LogP contribution is 2.37.